The van der Waals surface area contributed by atoms with Gasteiger partial charge < -0.3 is 10.5 Å². The lowest BCUT2D eigenvalue weighted by Gasteiger charge is -2.08. The second kappa shape index (κ2) is 7.25. The van der Waals surface area contributed by atoms with E-state index in [0.29, 0.717) is 11.4 Å². The number of hydrogen-bond acceptors (Lipinski definition) is 5. The Labute approximate surface area is 147 Å². The summed E-state index contributed by atoms with van der Waals surface area (Å²) < 4.78 is 31.9. The number of nitrogens with one attached hydrogen (secondary N) is 1. The van der Waals surface area contributed by atoms with Gasteiger partial charge in [-0.05, 0) is 66.8 Å². The van der Waals surface area contributed by atoms with E-state index in [1.807, 2.05) is 12.1 Å². The SMILES string of the molecule is Nc1ccc(S(=O)(=O)NCCC(=O)Oc2ccc3c(c2)CCC3)cc1. The summed E-state index contributed by atoms with van der Waals surface area (Å²) in [4.78, 5) is 12.0. The molecule has 0 bridgehead atoms. The summed E-state index contributed by atoms with van der Waals surface area (Å²) in [7, 11) is -3.67. The largest absolute Gasteiger partial charge is 0.426 e. The third-order valence-electron chi connectivity index (χ3n) is 4.11. The van der Waals surface area contributed by atoms with E-state index in [2.05, 4.69) is 4.72 Å². The second-order valence-corrected chi connectivity index (χ2v) is 7.74. The fourth-order valence-corrected chi connectivity index (χ4v) is 3.84. The molecule has 0 radical (unpaired) electrons. The molecule has 25 heavy (non-hydrogen) atoms. The maximum atomic E-state index is 12.1. The van der Waals surface area contributed by atoms with Crippen molar-refractivity contribution >= 4 is 21.7 Å². The van der Waals surface area contributed by atoms with E-state index in [0.717, 1.165) is 19.3 Å². The molecule has 3 rings (SSSR count). The molecule has 1 aliphatic rings. The van der Waals surface area contributed by atoms with Crippen LogP contribution in [0.4, 0.5) is 5.69 Å². The first kappa shape index (κ1) is 17.4. The minimum atomic E-state index is -3.67. The first-order valence-electron chi connectivity index (χ1n) is 8.12. The number of anilines is 1. The molecule has 2 aromatic rings. The molecule has 0 saturated heterocycles. The van der Waals surface area contributed by atoms with Crippen LogP contribution >= 0.6 is 0 Å². The number of benzene rings is 2. The van der Waals surface area contributed by atoms with Gasteiger partial charge in [0, 0.05) is 12.2 Å². The number of esters is 1. The smallest absolute Gasteiger partial charge is 0.312 e. The molecule has 0 heterocycles. The standard InChI is InChI=1S/C18H20N2O4S/c19-15-5-8-17(9-6-15)25(22,23)20-11-10-18(21)24-16-7-4-13-2-1-3-14(13)12-16/h4-9,12,20H,1-3,10-11,19H2. The van der Waals surface area contributed by atoms with Crippen LogP contribution in [0.1, 0.15) is 24.0 Å². The quantitative estimate of drug-likeness (QED) is 0.467. The molecule has 1 aliphatic carbocycles. The number of rotatable bonds is 6. The summed E-state index contributed by atoms with van der Waals surface area (Å²) >= 11 is 0. The van der Waals surface area contributed by atoms with Crippen molar-refractivity contribution in [3.63, 3.8) is 0 Å². The first-order chi connectivity index (χ1) is 11.9. The molecule has 0 saturated carbocycles. The third kappa shape index (κ3) is 4.37. The number of nitrogens with two attached hydrogens (primary N) is 1. The van der Waals surface area contributed by atoms with Crippen LogP contribution in [0, 0.1) is 0 Å². The summed E-state index contributed by atoms with van der Waals surface area (Å²) in [5.74, 6) is 0.0324. The van der Waals surface area contributed by atoms with Crippen LogP contribution in [0.5, 0.6) is 5.75 Å². The molecule has 0 aromatic heterocycles. The number of hydrogen-bond donors (Lipinski definition) is 2. The Hall–Kier alpha value is -2.38. The van der Waals surface area contributed by atoms with Crippen molar-refractivity contribution < 1.29 is 17.9 Å². The monoisotopic (exact) mass is 360 g/mol. The van der Waals surface area contributed by atoms with E-state index in [9.17, 15) is 13.2 Å². The maximum absolute atomic E-state index is 12.1. The second-order valence-electron chi connectivity index (χ2n) is 5.97. The maximum Gasteiger partial charge on any atom is 0.312 e. The number of carbonyl (C=O) groups is 1. The molecule has 6 nitrogen and oxygen atoms in total. The van der Waals surface area contributed by atoms with E-state index >= 15 is 0 Å². The highest BCUT2D eigenvalue weighted by Crippen LogP contribution is 2.26. The topological polar surface area (TPSA) is 98.5 Å². The van der Waals surface area contributed by atoms with Crippen LogP contribution in [0.3, 0.4) is 0 Å². The van der Waals surface area contributed by atoms with Crippen LogP contribution < -0.4 is 15.2 Å². The van der Waals surface area contributed by atoms with Crippen LogP contribution in [0.15, 0.2) is 47.4 Å². The van der Waals surface area contributed by atoms with Gasteiger partial charge in [0.15, 0.2) is 0 Å². The van der Waals surface area contributed by atoms with Gasteiger partial charge in [-0.25, -0.2) is 13.1 Å². The highest BCUT2D eigenvalue weighted by molar-refractivity contribution is 7.89. The van der Waals surface area contributed by atoms with Crippen LogP contribution in [-0.4, -0.2) is 20.9 Å². The minimum absolute atomic E-state index is 0.0313. The summed E-state index contributed by atoms with van der Waals surface area (Å²) in [5.41, 5.74) is 8.54. The molecule has 7 heteroatoms. The fraction of sp³-hybridized carbons (Fsp3) is 0.278. The number of fused-ring (bicyclic) bond motifs is 1. The van der Waals surface area contributed by atoms with Crippen LogP contribution in [0.2, 0.25) is 0 Å². The van der Waals surface area contributed by atoms with Crippen molar-refractivity contribution in [3.05, 3.63) is 53.6 Å². The number of aryl methyl sites for hydroxylation is 2. The van der Waals surface area contributed by atoms with Crippen molar-refractivity contribution in [1.82, 2.24) is 4.72 Å². The molecule has 0 fully saturated rings. The van der Waals surface area contributed by atoms with Gasteiger partial charge in [-0.3, -0.25) is 4.79 Å². The fourth-order valence-electron chi connectivity index (χ4n) is 2.81. The molecule has 0 amide bonds. The summed E-state index contributed by atoms with van der Waals surface area (Å²) in [5, 5.41) is 0. The summed E-state index contributed by atoms with van der Waals surface area (Å²) in [6, 6.07) is 11.5. The van der Waals surface area contributed by atoms with Crippen molar-refractivity contribution in [1.29, 1.82) is 0 Å². The first-order valence-corrected chi connectivity index (χ1v) is 9.60. The van der Waals surface area contributed by atoms with Gasteiger partial charge in [0.2, 0.25) is 10.0 Å². The van der Waals surface area contributed by atoms with Gasteiger partial charge >= 0.3 is 5.97 Å². The molecule has 0 aliphatic heterocycles. The Morgan fingerprint density at radius 1 is 1.08 bits per heavy atom. The van der Waals surface area contributed by atoms with Crippen molar-refractivity contribution in [2.24, 2.45) is 0 Å². The lowest BCUT2D eigenvalue weighted by atomic mass is 10.1. The van der Waals surface area contributed by atoms with Gasteiger partial charge in [0.05, 0.1) is 11.3 Å². The van der Waals surface area contributed by atoms with Crippen LogP contribution in [-0.2, 0) is 27.7 Å². The van der Waals surface area contributed by atoms with E-state index in [1.54, 1.807) is 6.07 Å². The van der Waals surface area contributed by atoms with Crippen LogP contribution in [0.25, 0.3) is 0 Å². The highest BCUT2D eigenvalue weighted by Gasteiger charge is 2.16. The Bertz CT molecular complexity index is 876. The van der Waals surface area contributed by atoms with Crippen molar-refractivity contribution in [3.8, 4) is 5.75 Å². The zero-order valence-corrected chi connectivity index (χ0v) is 14.5. The molecule has 0 atom stereocenters. The zero-order valence-electron chi connectivity index (χ0n) is 13.7. The van der Waals surface area contributed by atoms with Gasteiger partial charge in [-0.15, -0.1) is 0 Å². The van der Waals surface area contributed by atoms with E-state index in [4.69, 9.17) is 10.5 Å². The molecule has 0 unspecified atom stereocenters. The lowest BCUT2D eigenvalue weighted by molar-refractivity contribution is -0.134. The van der Waals surface area contributed by atoms with Gasteiger partial charge in [-0.2, -0.15) is 0 Å². The normalized spacial score (nSPS) is 13.4. The Kier molecular flexibility index (Phi) is 5.06. The summed E-state index contributed by atoms with van der Waals surface area (Å²) in [6.45, 7) is -0.0313. The average molecular weight is 360 g/mol. The number of nitrogen functional groups attached to an aromatic ring is 1. The Morgan fingerprint density at radius 2 is 1.80 bits per heavy atom. The molecule has 3 N–H and O–H groups in total. The molecule has 132 valence electrons. The van der Waals surface area contributed by atoms with Crippen molar-refractivity contribution in [2.45, 2.75) is 30.6 Å². The van der Waals surface area contributed by atoms with Gasteiger partial charge in [-0.1, -0.05) is 6.07 Å². The molecular formula is C18H20N2O4S. The third-order valence-corrected chi connectivity index (χ3v) is 5.59. The minimum Gasteiger partial charge on any atom is -0.426 e. The van der Waals surface area contributed by atoms with Gasteiger partial charge in [0.25, 0.3) is 0 Å². The Balaban J connectivity index is 1.51. The zero-order chi connectivity index (χ0) is 17.9. The average Bonchev–Trinajstić information content (AvgIpc) is 3.02. The molecular weight excluding hydrogens is 340 g/mol. The number of carbonyl (C=O) groups excluding carboxylic acids is 1. The Morgan fingerprint density at radius 3 is 2.56 bits per heavy atom. The van der Waals surface area contributed by atoms with E-state index in [1.165, 1.54) is 35.4 Å². The number of sulfonamides is 1. The van der Waals surface area contributed by atoms with E-state index in [-0.39, 0.29) is 17.9 Å². The van der Waals surface area contributed by atoms with E-state index < -0.39 is 16.0 Å². The highest BCUT2D eigenvalue weighted by atomic mass is 32.2. The lowest BCUT2D eigenvalue weighted by Crippen LogP contribution is -2.27. The van der Waals surface area contributed by atoms with Gasteiger partial charge in [0.1, 0.15) is 5.75 Å². The summed E-state index contributed by atoms with van der Waals surface area (Å²) in [6.07, 6.45) is 3.14. The predicted octanol–water partition coefficient (Wildman–Crippen LogP) is 2.03. The predicted molar refractivity (Wildman–Crippen MR) is 94.8 cm³/mol. The molecule has 0 spiro atoms. The van der Waals surface area contributed by atoms with Crippen molar-refractivity contribution in [2.75, 3.05) is 12.3 Å². The molecule has 2 aromatic carbocycles. The number of ether oxygens (including phenoxy) is 1.